The van der Waals surface area contributed by atoms with Gasteiger partial charge in [0.1, 0.15) is 0 Å². The molecule has 110 valence electrons. The van der Waals surface area contributed by atoms with Crippen LogP contribution < -0.4 is 0 Å². The minimum Gasteiger partial charge on any atom is -0.256 e. The van der Waals surface area contributed by atoms with Gasteiger partial charge in [0, 0.05) is 23.9 Å². The van der Waals surface area contributed by atoms with Gasteiger partial charge in [-0.3, -0.25) is 4.98 Å². The van der Waals surface area contributed by atoms with Crippen LogP contribution in [0.4, 0.5) is 4.39 Å². The fourth-order valence-corrected chi connectivity index (χ4v) is 3.37. The summed E-state index contributed by atoms with van der Waals surface area (Å²) in [6.45, 7) is 4.44. The molecule has 0 saturated heterocycles. The zero-order valence-electron chi connectivity index (χ0n) is 12.5. The van der Waals surface area contributed by atoms with Crippen molar-refractivity contribution in [3.63, 3.8) is 0 Å². The minimum atomic E-state index is -0.655. The van der Waals surface area contributed by atoms with E-state index in [1.807, 2.05) is 18.2 Å². The predicted octanol–water partition coefficient (Wildman–Crippen LogP) is 4.36. The topological polar surface area (TPSA) is 38.7 Å². The molecule has 1 unspecified atom stereocenters. The average Bonchev–Trinajstić information content (AvgIpc) is 2.95. The standard InChI is InChI=1S/C17H20FN3/c1-12(17(2)8-4-5-9-17)15-13(11-20-16(18)21-15)14-7-3-6-10-19-14/h3,6-7,10-12H,4-5,8-9H2,1-2H3. The first-order valence-electron chi connectivity index (χ1n) is 7.54. The van der Waals surface area contributed by atoms with E-state index >= 15 is 0 Å². The van der Waals surface area contributed by atoms with E-state index in [1.54, 1.807) is 12.4 Å². The first kappa shape index (κ1) is 14.1. The normalized spacial score (nSPS) is 18.6. The molecular formula is C17H20FN3. The lowest BCUT2D eigenvalue weighted by atomic mass is 9.74. The first-order chi connectivity index (χ1) is 10.1. The Hall–Kier alpha value is -1.84. The third-order valence-electron chi connectivity index (χ3n) is 4.93. The van der Waals surface area contributed by atoms with Crippen molar-refractivity contribution in [2.45, 2.75) is 45.4 Å². The number of rotatable bonds is 3. The van der Waals surface area contributed by atoms with Crippen LogP contribution in [-0.4, -0.2) is 15.0 Å². The van der Waals surface area contributed by atoms with Gasteiger partial charge in [0.25, 0.3) is 0 Å². The molecule has 1 aliphatic rings. The Morgan fingerprint density at radius 1 is 1.19 bits per heavy atom. The van der Waals surface area contributed by atoms with Gasteiger partial charge in [0.2, 0.25) is 0 Å². The van der Waals surface area contributed by atoms with Gasteiger partial charge >= 0.3 is 6.08 Å². The van der Waals surface area contributed by atoms with E-state index in [0.717, 1.165) is 17.0 Å². The van der Waals surface area contributed by atoms with E-state index in [4.69, 9.17) is 0 Å². The highest BCUT2D eigenvalue weighted by atomic mass is 19.1. The lowest BCUT2D eigenvalue weighted by molar-refractivity contribution is 0.270. The number of hydrogen-bond donors (Lipinski definition) is 0. The molecule has 4 heteroatoms. The van der Waals surface area contributed by atoms with Crippen LogP contribution in [0.5, 0.6) is 0 Å². The summed E-state index contributed by atoms with van der Waals surface area (Å²) in [5.74, 6) is 0.189. The SMILES string of the molecule is CC(c1nc(F)ncc1-c1ccccn1)C1(C)CCCC1. The molecule has 1 aliphatic carbocycles. The molecule has 0 aromatic carbocycles. The Labute approximate surface area is 124 Å². The van der Waals surface area contributed by atoms with Crippen molar-refractivity contribution in [2.75, 3.05) is 0 Å². The molecule has 1 saturated carbocycles. The van der Waals surface area contributed by atoms with Crippen LogP contribution in [0.15, 0.2) is 30.6 Å². The number of hydrogen-bond acceptors (Lipinski definition) is 3. The largest absolute Gasteiger partial charge is 0.308 e. The molecule has 0 aliphatic heterocycles. The molecule has 0 bridgehead atoms. The molecule has 0 N–H and O–H groups in total. The Bertz CT molecular complexity index is 621. The second-order valence-corrected chi connectivity index (χ2v) is 6.24. The van der Waals surface area contributed by atoms with Crippen molar-refractivity contribution in [1.29, 1.82) is 0 Å². The summed E-state index contributed by atoms with van der Waals surface area (Å²) >= 11 is 0. The zero-order valence-corrected chi connectivity index (χ0v) is 12.5. The fourth-order valence-electron chi connectivity index (χ4n) is 3.37. The third-order valence-corrected chi connectivity index (χ3v) is 4.93. The lowest BCUT2D eigenvalue weighted by Gasteiger charge is -2.31. The zero-order chi connectivity index (χ0) is 14.9. The van der Waals surface area contributed by atoms with Crippen molar-refractivity contribution >= 4 is 0 Å². The van der Waals surface area contributed by atoms with Crippen LogP contribution in [0.2, 0.25) is 0 Å². The van der Waals surface area contributed by atoms with Crippen LogP contribution in [0, 0.1) is 11.5 Å². The van der Waals surface area contributed by atoms with Gasteiger partial charge in [0.05, 0.1) is 11.4 Å². The summed E-state index contributed by atoms with van der Waals surface area (Å²) < 4.78 is 13.6. The highest BCUT2D eigenvalue weighted by Crippen LogP contribution is 2.49. The van der Waals surface area contributed by atoms with Gasteiger partial charge in [0.15, 0.2) is 0 Å². The second kappa shape index (κ2) is 5.51. The predicted molar refractivity (Wildman–Crippen MR) is 80.2 cm³/mol. The van der Waals surface area contributed by atoms with Crippen molar-refractivity contribution in [3.05, 3.63) is 42.4 Å². The van der Waals surface area contributed by atoms with E-state index < -0.39 is 6.08 Å². The second-order valence-electron chi connectivity index (χ2n) is 6.24. The maximum atomic E-state index is 13.6. The molecule has 2 heterocycles. The smallest absolute Gasteiger partial charge is 0.256 e. The third kappa shape index (κ3) is 2.67. The van der Waals surface area contributed by atoms with Gasteiger partial charge in [-0.2, -0.15) is 4.39 Å². The van der Waals surface area contributed by atoms with E-state index in [1.165, 1.54) is 25.7 Å². The van der Waals surface area contributed by atoms with E-state index in [0.29, 0.717) is 0 Å². The Morgan fingerprint density at radius 2 is 1.95 bits per heavy atom. The van der Waals surface area contributed by atoms with Crippen molar-refractivity contribution in [2.24, 2.45) is 5.41 Å². The summed E-state index contributed by atoms with van der Waals surface area (Å²) in [6.07, 6.45) is 7.47. The Kier molecular flexibility index (Phi) is 3.70. The van der Waals surface area contributed by atoms with Gasteiger partial charge in [-0.25, -0.2) is 9.97 Å². The summed E-state index contributed by atoms with van der Waals surface area (Å²) in [7, 11) is 0. The molecular weight excluding hydrogens is 265 g/mol. The van der Waals surface area contributed by atoms with Crippen LogP contribution in [-0.2, 0) is 0 Å². The maximum Gasteiger partial charge on any atom is 0.308 e. The monoisotopic (exact) mass is 285 g/mol. The number of aromatic nitrogens is 3. The molecule has 21 heavy (non-hydrogen) atoms. The fraction of sp³-hybridized carbons (Fsp3) is 0.471. The molecule has 0 radical (unpaired) electrons. The first-order valence-corrected chi connectivity index (χ1v) is 7.54. The van der Waals surface area contributed by atoms with E-state index in [9.17, 15) is 4.39 Å². The maximum absolute atomic E-state index is 13.6. The molecule has 3 nitrogen and oxygen atoms in total. The van der Waals surface area contributed by atoms with Gasteiger partial charge in [-0.05, 0) is 30.4 Å². The number of nitrogens with zero attached hydrogens (tertiary/aromatic N) is 3. The van der Waals surface area contributed by atoms with Gasteiger partial charge < -0.3 is 0 Å². The van der Waals surface area contributed by atoms with Crippen molar-refractivity contribution in [3.8, 4) is 11.3 Å². The average molecular weight is 285 g/mol. The summed E-state index contributed by atoms with van der Waals surface area (Å²) in [6, 6.07) is 5.72. The minimum absolute atomic E-state index is 0.185. The molecule has 3 rings (SSSR count). The van der Waals surface area contributed by atoms with Crippen LogP contribution in [0.3, 0.4) is 0 Å². The van der Waals surface area contributed by atoms with Crippen LogP contribution in [0.25, 0.3) is 11.3 Å². The molecule has 1 fully saturated rings. The van der Waals surface area contributed by atoms with Gasteiger partial charge in [-0.15, -0.1) is 0 Å². The number of halogens is 1. The van der Waals surface area contributed by atoms with Gasteiger partial charge in [-0.1, -0.05) is 32.8 Å². The Morgan fingerprint density at radius 3 is 2.62 bits per heavy atom. The highest BCUT2D eigenvalue weighted by Gasteiger charge is 2.37. The summed E-state index contributed by atoms with van der Waals surface area (Å²) in [5.41, 5.74) is 2.62. The Balaban J connectivity index is 2.07. The molecule has 0 spiro atoms. The number of pyridine rings is 1. The van der Waals surface area contributed by atoms with Crippen LogP contribution in [0.1, 0.15) is 51.1 Å². The van der Waals surface area contributed by atoms with Crippen molar-refractivity contribution in [1.82, 2.24) is 15.0 Å². The van der Waals surface area contributed by atoms with Crippen molar-refractivity contribution < 1.29 is 4.39 Å². The molecule has 0 amide bonds. The molecule has 2 aromatic heterocycles. The van der Waals surface area contributed by atoms with E-state index in [-0.39, 0.29) is 11.3 Å². The van der Waals surface area contributed by atoms with Crippen LogP contribution >= 0.6 is 0 Å². The molecule has 1 atom stereocenters. The summed E-state index contributed by atoms with van der Waals surface area (Å²) in [5, 5.41) is 0. The van der Waals surface area contributed by atoms with E-state index in [2.05, 4.69) is 28.8 Å². The quantitative estimate of drug-likeness (QED) is 0.786. The summed E-state index contributed by atoms with van der Waals surface area (Å²) in [4.78, 5) is 12.2. The highest BCUT2D eigenvalue weighted by molar-refractivity contribution is 5.61. The lowest BCUT2D eigenvalue weighted by Crippen LogP contribution is -2.22. The molecule has 2 aromatic rings.